The Morgan fingerprint density at radius 2 is 1.61 bits per heavy atom. The SMILES string of the molecule is CN(C)c1ccc(/C=C2\CCCC3=C2N=c2s/c(=C\c4coc5ccc(F)cc5c4=O)c(=O)n2[C@H]3c2ccc(N(C)C)cc2)cc1. The normalized spacial score (nSPS) is 17.2. The van der Waals surface area contributed by atoms with Gasteiger partial charge in [0.25, 0.3) is 5.56 Å². The van der Waals surface area contributed by atoms with Crippen molar-refractivity contribution >= 4 is 45.8 Å². The van der Waals surface area contributed by atoms with Gasteiger partial charge in [0.2, 0.25) is 0 Å². The van der Waals surface area contributed by atoms with Crippen molar-refractivity contribution in [1.29, 1.82) is 0 Å². The summed E-state index contributed by atoms with van der Waals surface area (Å²) in [6.07, 6.45) is 7.72. The maximum atomic E-state index is 14.2. The van der Waals surface area contributed by atoms with Crippen LogP contribution in [0.25, 0.3) is 23.1 Å². The fraction of sp³-hybridized carbons (Fsp3) is 0.216. The lowest BCUT2D eigenvalue weighted by Gasteiger charge is -2.31. The van der Waals surface area contributed by atoms with Crippen LogP contribution in [0.5, 0.6) is 0 Å². The Morgan fingerprint density at radius 1 is 0.913 bits per heavy atom. The molecule has 0 fully saturated rings. The summed E-state index contributed by atoms with van der Waals surface area (Å²) < 4.78 is 21.7. The molecule has 0 amide bonds. The fourth-order valence-electron chi connectivity index (χ4n) is 6.24. The Labute approximate surface area is 269 Å². The summed E-state index contributed by atoms with van der Waals surface area (Å²) in [7, 11) is 8.05. The lowest BCUT2D eigenvalue weighted by Crippen LogP contribution is -2.39. The van der Waals surface area contributed by atoms with E-state index in [1.54, 1.807) is 4.57 Å². The van der Waals surface area contributed by atoms with E-state index in [-0.39, 0.29) is 28.1 Å². The zero-order valence-corrected chi connectivity index (χ0v) is 26.9. The predicted molar refractivity (Wildman–Crippen MR) is 184 cm³/mol. The van der Waals surface area contributed by atoms with E-state index in [0.29, 0.717) is 9.33 Å². The molecule has 0 saturated carbocycles. The molecule has 0 unspecified atom stereocenters. The molecular weight excluding hydrogens is 599 g/mol. The average Bonchev–Trinajstić information content (AvgIpc) is 3.36. The Morgan fingerprint density at radius 3 is 2.30 bits per heavy atom. The third-order valence-corrected chi connectivity index (χ3v) is 9.64. The number of anilines is 2. The first-order chi connectivity index (χ1) is 22.2. The van der Waals surface area contributed by atoms with E-state index >= 15 is 0 Å². The number of nitrogens with zero attached hydrogens (tertiary/aromatic N) is 4. The topological polar surface area (TPSA) is 71.0 Å². The standard InChI is InChI=1S/C37H33FN4O3S/c1-40(2)27-13-8-22(9-14-27)18-24-6-5-7-29-33(24)39-37-42(34(29)23-10-15-28(16-11-23)41(3)4)36(44)32(46-37)19-25-21-45-31-17-12-26(38)20-30(31)35(25)43/h8-21,34H,5-7H2,1-4H3/b24-18+,32-19-/t34-/m0/s1. The van der Waals surface area contributed by atoms with Crippen LogP contribution in [0.4, 0.5) is 15.8 Å². The molecule has 3 aromatic carbocycles. The largest absolute Gasteiger partial charge is 0.463 e. The minimum absolute atomic E-state index is 0.129. The van der Waals surface area contributed by atoms with Crippen molar-refractivity contribution in [2.75, 3.05) is 38.0 Å². The summed E-state index contributed by atoms with van der Waals surface area (Å²) in [4.78, 5) is 37.3. The van der Waals surface area contributed by atoms with Crippen LogP contribution in [0.1, 0.15) is 42.0 Å². The third kappa shape index (κ3) is 5.30. The second-order valence-corrected chi connectivity index (χ2v) is 13.1. The van der Waals surface area contributed by atoms with Crippen LogP contribution in [0.3, 0.4) is 0 Å². The Balaban J connectivity index is 1.42. The maximum Gasteiger partial charge on any atom is 0.271 e. The molecule has 1 atom stereocenters. The third-order valence-electron chi connectivity index (χ3n) is 8.66. The van der Waals surface area contributed by atoms with E-state index in [1.165, 1.54) is 35.8 Å². The van der Waals surface area contributed by atoms with Crippen molar-refractivity contribution in [1.82, 2.24) is 4.57 Å². The minimum Gasteiger partial charge on any atom is -0.463 e. The van der Waals surface area contributed by atoms with Crippen LogP contribution in [-0.2, 0) is 0 Å². The molecule has 0 spiro atoms. The number of aromatic nitrogens is 1. The van der Waals surface area contributed by atoms with Gasteiger partial charge in [-0.3, -0.25) is 14.2 Å². The van der Waals surface area contributed by atoms with Crippen LogP contribution in [-0.4, -0.2) is 32.8 Å². The molecule has 46 heavy (non-hydrogen) atoms. The van der Waals surface area contributed by atoms with Crippen LogP contribution in [0, 0.1) is 5.82 Å². The summed E-state index contributed by atoms with van der Waals surface area (Å²) in [6.45, 7) is 0. The van der Waals surface area contributed by atoms with Crippen molar-refractivity contribution in [3.8, 4) is 0 Å². The van der Waals surface area contributed by atoms with Crippen molar-refractivity contribution in [3.63, 3.8) is 0 Å². The molecule has 2 aliphatic rings. The molecule has 2 aromatic heterocycles. The summed E-state index contributed by atoms with van der Waals surface area (Å²) in [5, 5.41) is 0.129. The van der Waals surface area contributed by atoms with Crippen LogP contribution >= 0.6 is 11.3 Å². The van der Waals surface area contributed by atoms with E-state index in [9.17, 15) is 14.0 Å². The van der Waals surface area contributed by atoms with Crippen molar-refractivity contribution < 1.29 is 8.81 Å². The quantitative estimate of drug-likeness (QED) is 0.243. The second-order valence-electron chi connectivity index (χ2n) is 12.1. The highest BCUT2D eigenvalue weighted by Gasteiger charge is 2.32. The average molecular weight is 633 g/mol. The molecule has 7 rings (SSSR count). The van der Waals surface area contributed by atoms with E-state index in [0.717, 1.165) is 64.7 Å². The molecule has 0 saturated heterocycles. The molecule has 9 heteroatoms. The molecule has 232 valence electrons. The number of thiazole rings is 1. The van der Waals surface area contributed by atoms with Gasteiger partial charge in [0.05, 0.1) is 27.2 Å². The van der Waals surface area contributed by atoms with Crippen molar-refractivity contribution in [3.05, 3.63) is 142 Å². The monoisotopic (exact) mass is 632 g/mol. The Hall–Kier alpha value is -5.02. The Kier molecular flexibility index (Phi) is 7.56. The molecule has 0 bridgehead atoms. The molecule has 1 aliphatic heterocycles. The van der Waals surface area contributed by atoms with Crippen LogP contribution in [0.2, 0.25) is 0 Å². The van der Waals surface area contributed by atoms with Gasteiger partial charge in [0.1, 0.15) is 17.7 Å². The number of benzene rings is 3. The summed E-state index contributed by atoms with van der Waals surface area (Å²) in [5.74, 6) is -0.528. The van der Waals surface area contributed by atoms with Crippen molar-refractivity contribution in [2.24, 2.45) is 4.99 Å². The first kappa shape index (κ1) is 29.7. The molecule has 3 heterocycles. The van der Waals surface area contributed by atoms with Gasteiger partial charge in [0.15, 0.2) is 10.2 Å². The smallest absolute Gasteiger partial charge is 0.271 e. The highest BCUT2D eigenvalue weighted by atomic mass is 32.1. The number of fused-ring (bicyclic) bond motifs is 2. The van der Waals surface area contributed by atoms with Crippen LogP contribution in [0.15, 0.2) is 109 Å². The first-order valence-electron chi connectivity index (χ1n) is 15.2. The molecular formula is C37H33FN4O3S. The van der Waals surface area contributed by atoms with E-state index < -0.39 is 11.2 Å². The lowest BCUT2D eigenvalue weighted by molar-refractivity contribution is 0.553. The number of hydrogen-bond acceptors (Lipinski definition) is 7. The van der Waals surface area contributed by atoms with Gasteiger partial charge < -0.3 is 14.2 Å². The lowest BCUT2D eigenvalue weighted by atomic mass is 9.83. The number of hydrogen-bond donors (Lipinski definition) is 0. The van der Waals surface area contributed by atoms with Crippen molar-refractivity contribution in [2.45, 2.75) is 25.3 Å². The summed E-state index contributed by atoms with van der Waals surface area (Å²) in [5.41, 5.74) is 7.31. The Bertz CT molecular complexity index is 2290. The van der Waals surface area contributed by atoms with Gasteiger partial charge in [-0.2, -0.15) is 0 Å². The molecule has 0 radical (unpaired) electrons. The zero-order chi connectivity index (χ0) is 32.1. The maximum absolute atomic E-state index is 14.2. The minimum atomic E-state index is -0.528. The molecule has 5 aromatic rings. The molecule has 0 N–H and O–H groups in total. The highest BCUT2D eigenvalue weighted by Crippen LogP contribution is 2.41. The first-order valence-corrected chi connectivity index (χ1v) is 16.0. The van der Waals surface area contributed by atoms with E-state index in [2.05, 4.69) is 59.5 Å². The summed E-state index contributed by atoms with van der Waals surface area (Å²) in [6, 6.07) is 20.2. The number of allylic oxidation sites excluding steroid dienone is 2. The second kappa shape index (κ2) is 11.7. The van der Waals surface area contributed by atoms with Gasteiger partial charge in [0, 0.05) is 39.6 Å². The van der Waals surface area contributed by atoms with Gasteiger partial charge in [-0.25, -0.2) is 9.38 Å². The van der Waals surface area contributed by atoms with E-state index in [4.69, 9.17) is 9.41 Å². The van der Waals surface area contributed by atoms with Gasteiger partial charge in [-0.05, 0) is 96.2 Å². The predicted octanol–water partition coefficient (Wildman–Crippen LogP) is 5.86. The van der Waals surface area contributed by atoms with Crippen LogP contribution < -0.4 is 30.1 Å². The molecule has 1 aliphatic carbocycles. The van der Waals surface area contributed by atoms with Gasteiger partial charge >= 0.3 is 0 Å². The number of rotatable bonds is 5. The fourth-order valence-corrected chi connectivity index (χ4v) is 7.23. The van der Waals surface area contributed by atoms with E-state index in [1.807, 2.05) is 33.1 Å². The van der Waals surface area contributed by atoms with Gasteiger partial charge in [-0.15, -0.1) is 0 Å². The zero-order valence-electron chi connectivity index (χ0n) is 26.1. The highest BCUT2D eigenvalue weighted by molar-refractivity contribution is 7.07. The summed E-state index contributed by atoms with van der Waals surface area (Å²) >= 11 is 1.25. The number of halogens is 1. The van der Waals surface area contributed by atoms with Gasteiger partial charge in [-0.1, -0.05) is 35.6 Å². The molecule has 7 nitrogen and oxygen atoms in total.